The van der Waals surface area contributed by atoms with Gasteiger partial charge in [-0.3, -0.25) is 4.57 Å². The van der Waals surface area contributed by atoms with Crippen molar-refractivity contribution in [2.45, 2.75) is 57.3 Å². The smallest absolute Gasteiger partial charge is 0.414 e. The summed E-state index contributed by atoms with van der Waals surface area (Å²) in [5.74, 6) is -5.09. The SMILES string of the molecule is CCn1c(=O)n(-c2noc(C3CCC(N)CC3)n2)c2c(OC(=O)C(F)(F)F)c(F)ccc21. The van der Waals surface area contributed by atoms with E-state index >= 15 is 0 Å². The number of aryl methyl sites for hydroxylation is 1. The number of alkyl halides is 3. The Morgan fingerprint density at radius 3 is 2.59 bits per heavy atom. The summed E-state index contributed by atoms with van der Waals surface area (Å²) in [6, 6.07) is 2.08. The number of fused-ring (bicyclic) bond motifs is 1. The lowest BCUT2D eigenvalue weighted by Gasteiger charge is -2.22. The van der Waals surface area contributed by atoms with Gasteiger partial charge in [-0.2, -0.15) is 18.2 Å². The van der Waals surface area contributed by atoms with Gasteiger partial charge in [-0.1, -0.05) is 0 Å². The van der Waals surface area contributed by atoms with Gasteiger partial charge in [0.1, 0.15) is 5.52 Å². The number of halogens is 4. The van der Waals surface area contributed by atoms with Crippen LogP contribution in [0.1, 0.15) is 44.4 Å². The van der Waals surface area contributed by atoms with Crippen molar-refractivity contribution in [3.63, 3.8) is 0 Å². The molecule has 1 aliphatic carbocycles. The molecule has 0 unspecified atom stereocenters. The molecular formula is C19H19F4N5O4. The molecule has 1 aliphatic rings. The van der Waals surface area contributed by atoms with Gasteiger partial charge in [0.25, 0.3) is 5.95 Å². The van der Waals surface area contributed by atoms with E-state index in [9.17, 15) is 27.2 Å². The summed E-state index contributed by atoms with van der Waals surface area (Å²) in [5, 5.41) is 3.79. The summed E-state index contributed by atoms with van der Waals surface area (Å²) in [6.45, 7) is 1.72. The van der Waals surface area contributed by atoms with Crippen molar-refractivity contribution in [2.75, 3.05) is 0 Å². The lowest BCUT2D eigenvalue weighted by molar-refractivity contribution is -0.189. The van der Waals surface area contributed by atoms with Crippen molar-refractivity contribution in [1.29, 1.82) is 0 Å². The summed E-state index contributed by atoms with van der Waals surface area (Å²) in [6.07, 6.45) is -2.48. The molecule has 1 aromatic carbocycles. The van der Waals surface area contributed by atoms with Gasteiger partial charge in [-0.25, -0.2) is 18.5 Å². The molecule has 9 nitrogen and oxygen atoms in total. The normalized spacial score (nSPS) is 19.4. The molecule has 2 heterocycles. The van der Waals surface area contributed by atoms with Crippen molar-refractivity contribution < 1.29 is 31.6 Å². The summed E-state index contributed by atoms with van der Waals surface area (Å²) in [5.41, 5.74) is 4.78. The van der Waals surface area contributed by atoms with Crippen LogP contribution < -0.4 is 16.2 Å². The molecule has 0 amide bonds. The van der Waals surface area contributed by atoms with Gasteiger partial charge in [-0.05, 0) is 49.9 Å². The van der Waals surface area contributed by atoms with Crippen molar-refractivity contribution in [1.82, 2.24) is 19.3 Å². The molecule has 32 heavy (non-hydrogen) atoms. The maximum atomic E-state index is 14.5. The Labute approximate surface area is 177 Å². The molecule has 2 N–H and O–H groups in total. The lowest BCUT2D eigenvalue weighted by Crippen LogP contribution is -2.28. The van der Waals surface area contributed by atoms with Gasteiger partial charge in [0.05, 0.1) is 5.52 Å². The molecule has 2 aromatic heterocycles. The third kappa shape index (κ3) is 3.76. The van der Waals surface area contributed by atoms with Crippen molar-refractivity contribution in [3.8, 4) is 11.7 Å². The molecule has 172 valence electrons. The average molecular weight is 457 g/mol. The number of esters is 1. The second kappa shape index (κ2) is 8.04. The van der Waals surface area contributed by atoms with E-state index in [1.54, 1.807) is 6.92 Å². The first-order chi connectivity index (χ1) is 15.1. The highest BCUT2D eigenvalue weighted by atomic mass is 19.4. The molecule has 0 saturated heterocycles. The maximum Gasteiger partial charge on any atom is 0.491 e. The number of carbonyl (C=O) groups excluding carboxylic acids is 1. The Bertz CT molecular complexity index is 1220. The number of carbonyl (C=O) groups is 1. The van der Waals surface area contributed by atoms with Crippen molar-refractivity contribution >= 4 is 17.0 Å². The average Bonchev–Trinajstić information content (AvgIpc) is 3.32. The molecule has 0 radical (unpaired) electrons. The van der Waals surface area contributed by atoms with E-state index in [0.29, 0.717) is 12.8 Å². The maximum absolute atomic E-state index is 14.5. The summed E-state index contributed by atoms with van der Waals surface area (Å²) in [4.78, 5) is 28.6. The number of benzene rings is 1. The number of nitrogens with two attached hydrogens (primary N) is 1. The fraction of sp³-hybridized carbons (Fsp3) is 0.474. The monoisotopic (exact) mass is 457 g/mol. The molecule has 0 aliphatic heterocycles. The van der Waals surface area contributed by atoms with Gasteiger partial charge >= 0.3 is 17.8 Å². The Hall–Kier alpha value is -3.22. The first kappa shape index (κ1) is 22.0. The molecule has 13 heteroatoms. The predicted molar refractivity (Wildman–Crippen MR) is 102 cm³/mol. The van der Waals surface area contributed by atoms with Gasteiger partial charge in [0.2, 0.25) is 5.89 Å². The van der Waals surface area contributed by atoms with Crippen LogP contribution in [0.2, 0.25) is 0 Å². The third-order valence-electron chi connectivity index (χ3n) is 5.49. The van der Waals surface area contributed by atoms with Crippen molar-refractivity contribution in [3.05, 3.63) is 34.3 Å². The van der Waals surface area contributed by atoms with Crippen LogP contribution >= 0.6 is 0 Å². The zero-order chi connectivity index (χ0) is 23.2. The van der Waals surface area contributed by atoms with Gasteiger partial charge in [-0.15, -0.1) is 0 Å². The number of hydrogen-bond acceptors (Lipinski definition) is 7. The highest BCUT2D eigenvalue weighted by Gasteiger charge is 2.42. The minimum Gasteiger partial charge on any atom is -0.414 e. The molecule has 0 bridgehead atoms. The number of aromatic nitrogens is 4. The molecule has 0 atom stereocenters. The number of rotatable bonds is 4. The van der Waals surface area contributed by atoms with Crippen LogP contribution in [0.4, 0.5) is 17.6 Å². The standard InChI is InChI=1S/C19H19F4N5O4/c1-2-27-12-8-7-11(20)14(31-16(29)19(21,22)23)13(12)28(18(27)30)17-25-15(32-26-17)9-3-5-10(24)6-4-9/h7-10H,2-6,24H2,1H3. The lowest BCUT2D eigenvalue weighted by atomic mass is 9.86. The van der Waals surface area contributed by atoms with Crippen molar-refractivity contribution in [2.24, 2.45) is 5.73 Å². The number of ether oxygens (including phenoxy) is 1. The Morgan fingerprint density at radius 1 is 1.28 bits per heavy atom. The molecular weight excluding hydrogens is 438 g/mol. The third-order valence-corrected chi connectivity index (χ3v) is 5.49. The zero-order valence-corrected chi connectivity index (χ0v) is 16.9. The quantitative estimate of drug-likeness (QED) is 0.364. The number of nitrogens with zero attached hydrogens (tertiary/aromatic N) is 4. The molecule has 3 aromatic rings. The summed E-state index contributed by atoms with van der Waals surface area (Å²) in [7, 11) is 0. The fourth-order valence-electron chi connectivity index (χ4n) is 3.88. The minimum absolute atomic E-state index is 0.0406. The largest absolute Gasteiger partial charge is 0.491 e. The predicted octanol–water partition coefficient (Wildman–Crippen LogP) is 2.79. The Kier molecular flexibility index (Phi) is 5.53. The Morgan fingerprint density at radius 2 is 1.97 bits per heavy atom. The minimum atomic E-state index is -5.37. The fourth-order valence-corrected chi connectivity index (χ4v) is 3.88. The molecule has 0 spiro atoms. The number of imidazole rings is 1. The Balaban J connectivity index is 1.86. The van der Waals surface area contributed by atoms with Crippen LogP contribution in [0.25, 0.3) is 17.0 Å². The zero-order valence-electron chi connectivity index (χ0n) is 16.9. The second-order valence-corrected chi connectivity index (χ2v) is 7.54. The van der Waals surface area contributed by atoms with E-state index in [0.717, 1.165) is 28.0 Å². The molecule has 1 fully saturated rings. The van der Waals surface area contributed by atoms with Crippen LogP contribution in [-0.2, 0) is 11.3 Å². The van der Waals surface area contributed by atoms with E-state index in [4.69, 9.17) is 10.3 Å². The van der Waals surface area contributed by atoms with Crippen LogP contribution in [0.3, 0.4) is 0 Å². The highest BCUT2D eigenvalue weighted by molar-refractivity contribution is 5.88. The van der Waals surface area contributed by atoms with Crippen LogP contribution in [0, 0.1) is 5.82 Å². The second-order valence-electron chi connectivity index (χ2n) is 7.54. The first-order valence-corrected chi connectivity index (χ1v) is 9.94. The van der Waals surface area contributed by atoms with Crippen LogP contribution in [0.15, 0.2) is 21.5 Å². The van der Waals surface area contributed by atoms with E-state index in [2.05, 4.69) is 14.9 Å². The summed E-state index contributed by atoms with van der Waals surface area (Å²) < 4.78 is 64.3. The van der Waals surface area contributed by atoms with Crippen LogP contribution in [0.5, 0.6) is 5.75 Å². The van der Waals surface area contributed by atoms with E-state index in [1.807, 2.05) is 0 Å². The molecule has 1 saturated carbocycles. The van der Waals surface area contributed by atoms with Gasteiger partial charge in [0.15, 0.2) is 11.6 Å². The van der Waals surface area contributed by atoms with Gasteiger partial charge < -0.3 is 15.0 Å². The highest BCUT2D eigenvalue weighted by Crippen LogP contribution is 2.34. The first-order valence-electron chi connectivity index (χ1n) is 9.94. The molecule has 4 rings (SSSR count). The topological polar surface area (TPSA) is 118 Å². The van der Waals surface area contributed by atoms with Gasteiger partial charge in [0, 0.05) is 18.5 Å². The van der Waals surface area contributed by atoms with E-state index in [1.165, 1.54) is 6.07 Å². The van der Waals surface area contributed by atoms with E-state index in [-0.39, 0.29) is 35.9 Å². The van der Waals surface area contributed by atoms with Crippen LogP contribution in [-0.4, -0.2) is 37.5 Å². The number of hydrogen-bond donors (Lipinski definition) is 1. The van der Waals surface area contributed by atoms with E-state index < -0.39 is 34.9 Å². The summed E-state index contributed by atoms with van der Waals surface area (Å²) >= 11 is 0.